The van der Waals surface area contributed by atoms with Crippen molar-refractivity contribution in [3.05, 3.63) is 35.1 Å². The molecule has 0 aromatic heterocycles. The molecular formula is C13H15FN2O. The highest BCUT2D eigenvalue weighted by Gasteiger charge is 2.06. The monoisotopic (exact) mass is 234 g/mol. The maximum atomic E-state index is 13.0. The van der Waals surface area contributed by atoms with Gasteiger partial charge in [0.25, 0.3) is 5.91 Å². The lowest BCUT2D eigenvalue weighted by atomic mass is 10.1. The molecule has 1 rings (SSSR count). The summed E-state index contributed by atoms with van der Waals surface area (Å²) in [6, 6.07) is 6.33. The minimum absolute atomic E-state index is 0.204. The Bertz CT molecular complexity index is 438. The second-order valence-electron chi connectivity index (χ2n) is 3.84. The van der Waals surface area contributed by atoms with Gasteiger partial charge in [-0.3, -0.25) is 4.79 Å². The number of hydrogen-bond acceptors (Lipinski definition) is 2. The van der Waals surface area contributed by atoms with Crippen LogP contribution in [0.25, 0.3) is 0 Å². The molecule has 3 nitrogen and oxygen atoms in total. The van der Waals surface area contributed by atoms with Crippen LogP contribution in [0.1, 0.15) is 35.2 Å². The molecule has 0 atom stereocenters. The highest BCUT2D eigenvalue weighted by atomic mass is 19.1. The number of unbranched alkanes of at least 4 members (excludes halogenated alkanes) is 2. The largest absolute Gasteiger partial charge is 0.352 e. The van der Waals surface area contributed by atoms with Crippen molar-refractivity contribution in [2.75, 3.05) is 6.54 Å². The van der Waals surface area contributed by atoms with Crippen LogP contribution in [-0.4, -0.2) is 12.5 Å². The molecule has 1 amide bonds. The third-order valence-corrected chi connectivity index (χ3v) is 2.42. The molecule has 0 saturated heterocycles. The summed E-state index contributed by atoms with van der Waals surface area (Å²) in [6.45, 7) is 2.16. The first kappa shape index (κ1) is 13.2. The zero-order chi connectivity index (χ0) is 12.7. The molecule has 0 radical (unpaired) electrons. The van der Waals surface area contributed by atoms with Crippen LogP contribution >= 0.6 is 0 Å². The zero-order valence-electron chi connectivity index (χ0n) is 9.79. The van der Waals surface area contributed by atoms with Crippen LogP contribution in [0.3, 0.4) is 0 Å². The number of amides is 1. The van der Waals surface area contributed by atoms with E-state index in [9.17, 15) is 9.18 Å². The summed E-state index contributed by atoms with van der Waals surface area (Å²) in [5, 5.41) is 11.1. The van der Waals surface area contributed by atoms with Gasteiger partial charge in [0.15, 0.2) is 0 Å². The third-order valence-electron chi connectivity index (χ3n) is 2.42. The summed E-state index contributed by atoms with van der Waals surface area (Å²) in [7, 11) is 0. The number of nitriles is 1. The highest BCUT2D eigenvalue weighted by molar-refractivity contribution is 5.94. The summed E-state index contributed by atoms with van der Waals surface area (Å²) >= 11 is 0. The summed E-state index contributed by atoms with van der Waals surface area (Å²) in [6.07, 6.45) is 2.06. The predicted molar refractivity (Wildman–Crippen MR) is 62.9 cm³/mol. The Morgan fingerprint density at radius 1 is 1.47 bits per heavy atom. The summed E-state index contributed by atoms with van der Waals surface area (Å²) < 4.78 is 13.0. The van der Waals surface area contributed by atoms with E-state index >= 15 is 0 Å². The van der Waals surface area contributed by atoms with Gasteiger partial charge in [0.2, 0.25) is 0 Å². The molecule has 0 fully saturated rings. The van der Waals surface area contributed by atoms with E-state index < -0.39 is 0 Å². The number of nitrogens with zero attached hydrogens (tertiary/aromatic N) is 1. The smallest absolute Gasteiger partial charge is 0.251 e. The van der Waals surface area contributed by atoms with Crippen LogP contribution in [0.2, 0.25) is 0 Å². The first-order chi connectivity index (χ1) is 8.15. The van der Waals surface area contributed by atoms with E-state index in [4.69, 9.17) is 5.26 Å². The Labute approximate surface area is 100 Å². The normalized spacial score (nSPS) is 9.71. The number of benzene rings is 1. The van der Waals surface area contributed by atoms with Gasteiger partial charge < -0.3 is 5.32 Å². The van der Waals surface area contributed by atoms with Crippen molar-refractivity contribution in [3.63, 3.8) is 0 Å². The molecule has 0 aliphatic rings. The number of rotatable bonds is 5. The number of carbonyl (C=O) groups excluding carboxylic acids is 1. The Morgan fingerprint density at radius 2 is 2.24 bits per heavy atom. The Kier molecular flexibility index (Phi) is 5.15. The molecule has 0 heterocycles. The Hall–Kier alpha value is -1.89. The predicted octanol–water partition coefficient (Wildman–Crippen LogP) is 2.56. The van der Waals surface area contributed by atoms with Gasteiger partial charge >= 0.3 is 0 Å². The van der Waals surface area contributed by atoms with Crippen molar-refractivity contribution >= 4 is 5.91 Å². The summed E-state index contributed by atoms with van der Waals surface area (Å²) in [5.74, 6) is -0.513. The SMILES string of the molecule is Cc1cc(C(=O)NCCCCC#N)ccc1F. The lowest BCUT2D eigenvalue weighted by molar-refractivity contribution is 0.0953. The van der Waals surface area contributed by atoms with Gasteiger partial charge in [-0.15, -0.1) is 0 Å². The van der Waals surface area contributed by atoms with Crippen LogP contribution in [-0.2, 0) is 0 Å². The van der Waals surface area contributed by atoms with Gasteiger partial charge in [-0.05, 0) is 43.5 Å². The fourth-order valence-corrected chi connectivity index (χ4v) is 1.42. The van der Waals surface area contributed by atoms with Crippen LogP contribution < -0.4 is 5.32 Å². The average Bonchev–Trinajstić information content (AvgIpc) is 2.32. The third kappa shape index (κ3) is 4.23. The summed E-state index contributed by atoms with van der Waals surface area (Å²) in [4.78, 5) is 11.6. The number of nitrogens with one attached hydrogen (secondary N) is 1. The fourth-order valence-electron chi connectivity index (χ4n) is 1.42. The summed E-state index contributed by atoms with van der Waals surface area (Å²) in [5.41, 5.74) is 0.923. The maximum absolute atomic E-state index is 13.0. The molecule has 1 N–H and O–H groups in total. The fraction of sp³-hybridized carbons (Fsp3) is 0.385. The van der Waals surface area contributed by atoms with E-state index in [0.29, 0.717) is 24.1 Å². The van der Waals surface area contributed by atoms with Crippen molar-refractivity contribution in [1.82, 2.24) is 5.32 Å². The van der Waals surface area contributed by atoms with E-state index in [0.717, 1.165) is 12.8 Å². The Balaban J connectivity index is 2.42. The van der Waals surface area contributed by atoms with Gasteiger partial charge in [0.05, 0.1) is 6.07 Å². The average molecular weight is 234 g/mol. The van der Waals surface area contributed by atoms with E-state index in [1.54, 1.807) is 6.92 Å². The Morgan fingerprint density at radius 3 is 2.88 bits per heavy atom. The minimum atomic E-state index is -0.310. The minimum Gasteiger partial charge on any atom is -0.352 e. The van der Waals surface area contributed by atoms with Gasteiger partial charge in [-0.1, -0.05) is 0 Å². The van der Waals surface area contributed by atoms with Gasteiger partial charge in [0, 0.05) is 18.5 Å². The zero-order valence-corrected chi connectivity index (χ0v) is 9.79. The lowest BCUT2D eigenvalue weighted by Crippen LogP contribution is -2.24. The van der Waals surface area contributed by atoms with Crippen molar-refractivity contribution in [2.24, 2.45) is 0 Å². The maximum Gasteiger partial charge on any atom is 0.251 e. The number of aryl methyl sites for hydroxylation is 1. The standard InChI is InChI=1S/C13H15FN2O/c1-10-9-11(5-6-12(10)14)13(17)16-8-4-2-3-7-15/h5-6,9H,2-4,8H2,1H3,(H,16,17). The molecule has 17 heavy (non-hydrogen) atoms. The molecule has 0 aliphatic heterocycles. The van der Waals surface area contributed by atoms with Gasteiger partial charge in [-0.2, -0.15) is 5.26 Å². The number of carbonyl (C=O) groups is 1. The first-order valence-corrected chi connectivity index (χ1v) is 5.56. The lowest BCUT2D eigenvalue weighted by Gasteiger charge is -2.05. The van der Waals surface area contributed by atoms with Crippen molar-refractivity contribution in [2.45, 2.75) is 26.2 Å². The molecule has 1 aromatic carbocycles. The van der Waals surface area contributed by atoms with Gasteiger partial charge in [-0.25, -0.2) is 4.39 Å². The van der Waals surface area contributed by atoms with E-state index in [-0.39, 0.29) is 11.7 Å². The topological polar surface area (TPSA) is 52.9 Å². The number of halogens is 1. The second-order valence-corrected chi connectivity index (χ2v) is 3.84. The second kappa shape index (κ2) is 6.64. The molecular weight excluding hydrogens is 219 g/mol. The molecule has 90 valence electrons. The molecule has 4 heteroatoms. The molecule has 0 spiro atoms. The van der Waals surface area contributed by atoms with Crippen LogP contribution in [0.5, 0.6) is 0 Å². The van der Waals surface area contributed by atoms with Crippen molar-refractivity contribution < 1.29 is 9.18 Å². The highest BCUT2D eigenvalue weighted by Crippen LogP contribution is 2.09. The quantitative estimate of drug-likeness (QED) is 0.796. The van der Waals surface area contributed by atoms with Crippen LogP contribution in [0.15, 0.2) is 18.2 Å². The molecule has 1 aromatic rings. The van der Waals surface area contributed by atoms with Crippen molar-refractivity contribution in [3.8, 4) is 6.07 Å². The van der Waals surface area contributed by atoms with E-state index in [1.807, 2.05) is 6.07 Å². The molecule has 0 unspecified atom stereocenters. The van der Waals surface area contributed by atoms with Crippen molar-refractivity contribution in [1.29, 1.82) is 5.26 Å². The van der Waals surface area contributed by atoms with Crippen LogP contribution in [0.4, 0.5) is 4.39 Å². The van der Waals surface area contributed by atoms with Gasteiger partial charge in [0.1, 0.15) is 5.82 Å². The van der Waals surface area contributed by atoms with E-state index in [1.165, 1.54) is 18.2 Å². The molecule has 0 bridgehead atoms. The molecule has 0 saturated carbocycles. The first-order valence-electron chi connectivity index (χ1n) is 5.56. The van der Waals surface area contributed by atoms with E-state index in [2.05, 4.69) is 5.32 Å². The number of hydrogen-bond donors (Lipinski definition) is 1. The molecule has 0 aliphatic carbocycles. The van der Waals surface area contributed by atoms with Crippen LogP contribution in [0, 0.1) is 24.1 Å².